The Morgan fingerprint density at radius 1 is 1.33 bits per heavy atom. The molecule has 1 aliphatic rings. The van der Waals surface area contributed by atoms with Crippen molar-refractivity contribution in [2.24, 2.45) is 0 Å². The molecule has 3 heterocycles. The first-order valence-electron chi connectivity index (χ1n) is 6.76. The Balaban J connectivity index is 2.00. The number of carbonyl (C=O) groups excluding carboxylic acids is 1. The van der Waals surface area contributed by atoms with Gasteiger partial charge in [0.2, 0.25) is 0 Å². The number of thiophene rings is 1. The molecule has 0 radical (unpaired) electrons. The Morgan fingerprint density at radius 2 is 2.00 bits per heavy atom. The minimum atomic E-state index is -0.00398. The van der Waals surface area contributed by atoms with E-state index in [1.165, 1.54) is 11.3 Å². The first kappa shape index (κ1) is 13.9. The minimum Gasteiger partial charge on any atom is -0.378 e. The van der Waals surface area contributed by atoms with Crippen molar-refractivity contribution in [3.8, 4) is 11.1 Å². The highest BCUT2D eigenvalue weighted by Crippen LogP contribution is 2.32. The van der Waals surface area contributed by atoms with Gasteiger partial charge in [0.15, 0.2) is 0 Å². The number of hydrogen-bond donors (Lipinski definition) is 0. The molecule has 0 bridgehead atoms. The fourth-order valence-electron chi connectivity index (χ4n) is 2.40. The van der Waals surface area contributed by atoms with Gasteiger partial charge < -0.3 is 14.2 Å². The van der Waals surface area contributed by atoms with Gasteiger partial charge in [-0.2, -0.15) is 5.26 Å². The molecule has 1 saturated heterocycles. The molecule has 108 valence electrons. The number of carbonyl (C=O) groups is 1. The molecule has 3 rings (SSSR count). The Morgan fingerprint density at radius 3 is 2.62 bits per heavy atom. The topological polar surface area (TPSA) is 58.3 Å². The highest BCUT2D eigenvalue weighted by atomic mass is 32.1. The van der Waals surface area contributed by atoms with Crippen LogP contribution in [0.4, 0.5) is 0 Å². The largest absolute Gasteiger partial charge is 0.378 e. The molecule has 0 atom stereocenters. The molecule has 2 aromatic rings. The fraction of sp³-hybridized carbons (Fsp3) is 0.333. The lowest BCUT2D eigenvalue weighted by Crippen LogP contribution is -2.40. The summed E-state index contributed by atoms with van der Waals surface area (Å²) in [6.07, 6.45) is 3.77. The van der Waals surface area contributed by atoms with Crippen LogP contribution in [0.3, 0.4) is 0 Å². The second kappa shape index (κ2) is 5.72. The number of morpholine rings is 1. The fourth-order valence-corrected chi connectivity index (χ4v) is 3.59. The third kappa shape index (κ3) is 2.46. The Hall–Kier alpha value is -2.10. The van der Waals surface area contributed by atoms with E-state index in [-0.39, 0.29) is 5.91 Å². The van der Waals surface area contributed by atoms with Gasteiger partial charge in [-0.1, -0.05) is 0 Å². The van der Waals surface area contributed by atoms with Crippen LogP contribution >= 0.6 is 11.3 Å². The van der Waals surface area contributed by atoms with Gasteiger partial charge in [0.25, 0.3) is 5.91 Å². The monoisotopic (exact) mass is 301 g/mol. The van der Waals surface area contributed by atoms with Gasteiger partial charge >= 0.3 is 0 Å². The van der Waals surface area contributed by atoms with Gasteiger partial charge in [-0.15, -0.1) is 11.3 Å². The van der Waals surface area contributed by atoms with Crippen molar-refractivity contribution in [1.82, 2.24) is 9.47 Å². The van der Waals surface area contributed by atoms with E-state index in [2.05, 4.69) is 6.07 Å². The number of rotatable bonds is 2. The summed E-state index contributed by atoms with van der Waals surface area (Å²) >= 11 is 1.38. The highest BCUT2D eigenvalue weighted by Gasteiger charge is 2.25. The van der Waals surface area contributed by atoms with Crippen molar-refractivity contribution in [3.05, 3.63) is 40.5 Å². The van der Waals surface area contributed by atoms with Gasteiger partial charge in [-0.05, 0) is 24.6 Å². The Labute approximate surface area is 127 Å². The second-order valence-corrected chi connectivity index (χ2v) is 5.84. The lowest BCUT2D eigenvalue weighted by molar-refractivity contribution is 0.0305. The molecule has 1 fully saturated rings. The maximum atomic E-state index is 12.6. The summed E-state index contributed by atoms with van der Waals surface area (Å²) in [5.74, 6) is -0.00398. The van der Waals surface area contributed by atoms with Gasteiger partial charge in [0, 0.05) is 25.5 Å². The SMILES string of the molecule is Cc1c(C(=O)N2CCOCC2)sc(-n2cccc2)c1C#N. The van der Waals surface area contributed by atoms with Crippen LogP contribution in [-0.4, -0.2) is 41.7 Å². The second-order valence-electron chi connectivity index (χ2n) is 4.84. The summed E-state index contributed by atoms with van der Waals surface area (Å²) in [4.78, 5) is 15.1. The van der Waals surface area contributed by atoms with Gasteiger partial charge in [0.05, 0.1) is 23.7 Å². The normalized spacial score (nSPS) is 15.0. The van der Waals surface area contributed by atoms with Crippen molar-refractivity contribution >= 4 is 17.2 Å². The lowest BCUT2D eigenvalue weighted by Gasteiger charge is -2.26. The van der Waals surface area contributed by atoms with Crippen molar-refractivity contribution in [3.63, 3.8) is 0 Å². The van der Waals surface area contributed by atoms with E-state index in [0.717, 1.165) is 10.6 Å². The number of ether oxygens (including phenoxy) is 1. The first-order valence-corrected chi connectivity index (χ1v) is 7.58. The predicted molar refractivity (Wildman–Crippen MR) is 79.8 cm³/mol. The van der Waals surface area contributed by atoms with Gasteiger partial charge in [-0.3, -0.25) is 4.79 Å². The molecule has 0 unspecified atom stereocenters. The Kier molecular flexibility index (Phi) is 3.78. The van der Waals surface area contributed by atoms with Crippen molar-refractivity contribution in [1.29, 1.82) is 5.26 Å². The molecule has 0 aliphatic carbocycles. The molecule has 1 amide bonds. The smallest absolute Gasteiger partial charge is 0.264 e. The quantitative estimate of drug-likeness (QED) is 0.854. The van der Waals surface area contributed by atoms with Gasteiger partial charge in [-0.25, -0.2) is 0 Å². The molecule has 0 spiro atoms. The number of hydrogen-bond acceptors (Lipinski definition) is 4. The summed E-state index contributed by atoms with van der Waals surface area (Å²) in [6, 6.07) is 6.03. The van der Waals surface area contributed by atoms with E-state index in [1.54, 1.807) is 4.90 Å². The van der Waals surface area contributed by atoms with E-state index in [1.807, 2.05) is 36.0 Å². The van der Waals surface area contributed by atoms with E-state index < -0.39 is 0 Å². The van der Waals surface area contributed by atoms with Crippen LogP contribution in [-0.2, 0) is 4.74 Å². The van der Waals surface area contributed by atoms with E-state index in [4.69, 9.17) is 4.74 Å². The van der Waals surface area contributed by atoms with Crippen LogP contribution < -0.4 is 0 Å². The van der Waals surface area contributed by atoms with Crippen LogP contribution in [0.2, 0.25) is 0 Å². The number of nitriles is 1. The standard InChI is InChI=1S/C15H15N3O2S/c1-11-12(10-16)15(18-4-2-3-5-18)21-13(11)14(19)17-6-8-20-9-7-17/h2-5H,6-9H2,1H3. The molecule has 2 aromatic heterocycles. The van der Waals surface area contributed by atoms with E-state index in [0.29, 0.717) is 36.7 Å². The average Bonchev–Trinajstić information content (AvgIpc) is 3.15. The van der Waals surface area contributed by atoms with E-state index in [9.17, 15) is 10.1 Å². The molecule has 6 heteroatoms. The van der Waals surface area contributed by atoms with Crippen LogP contribution in [0.15, 0.2) is 24.5 Å². The van der Waals surface area contributed by atoms with E-state index >= 15 is 0 Å². The number of amides is 1. The molecular formula is C15H15N3O2S. The summed E-state index contributed by atoms with van der Waals surface area (Å²) in [6.45, 7) is 4.21. The molecular weight excluding hydrogens is 286 g/mol. The van der Waals surface area contributed by atoms with Crippen LogP contribution in [0, 0.1) is 18.3 Å². The molecule has 0 N–H and O–H groups in total. The molecule has 0 aromatic carbocycles. The summed E-state index contributed by atoms with van der Waals surface area (Å²) < 4.78 is 7.16. The minimum absolute atomic E-state index is 0.00398. The molecule has 1 aliphatic heterocycles. The summed E-state index contributed by atoms with van der Waals surface area (Å²) in [5, 5.41) is 10.2. The summed E-state index contributed by atoms with van der Waals surface area (Å²) in [5.41, 5.74) is 1.34. The third-order valence-corrected chi connectivity index (χ3v) is 4.86. The van der Waals surface area contributed by atoms with Crippen molar-refractivity contribution in [2.45, 2.75) is 6.92 Å². The Bertz CT molecular complexity index is 691. The molecule has 21 heavy (non-hydrogen) atoms. The molecule has 5 nitrogen and oxygen atoms in total. The lowest BCUT2D eigenvalue weighted by atomic mass is 10.1. The van der Waals surface area contributed by atoms with Crippen LogP contribution in [0.5, 0.6) is 0 Å². The van der Waals surface area contributed by atoms with Crippen LogP contribution in [0.25, 0.3) is 5.00 Å². The van der Waals surface area contributed by atoms with Crippen molar-refractivity contribution < 1.29 is 9.53 Å². The average molecular weight is 301 g/mol. The predicted octanol–water partition coefficient (Wildman–Crippen LogP) is 2.19. The zero-order valence-corrected chi connectivity index (χ0v) is 12.5. The number of nitrogens with zero attached hydrogens (tertiary/aromatic N) is 3. The first-order chi connectivity index (χ1) is 10.2. The summed E-state index contributed by atoms with van der Waals surface area (Å²) in [7, 11) is 0. The zero-order chi connectivity index (χ0) is 14.8. The van der Waals surface area contributed by atoms with Crippen LogP contribution in [0.1, 0.15) is 20.8 Å². The van der Waals surface area contributed by atoms with Crippen molar-refractivity contribution in [2.75, 3.05) is 26.3 Å². The maximum Gasteiger partial charge on any atom is 0.264 e. The third-order valence-electron chi connectivity index (χ3n) is 3.57. The maximum absolute atomic E-state index is 12.6. The van der Waals surface area contributed by atoms with Gasteiger partial charge in [0.1, 0.15) is 11.1 Å². The zero-order valence-electron chi connectivity index (χ0n) is 11.7. The number of aromatic nitrogens is 1. The molecule has 0 saturated carbocycles. The highest BCUT2D eigenvalue weighted by molar-refractivity contribution is 7.17.